The number of hydrogen-bond donors (Lipinski definition) is 1. The van der Waals surface area contributed by atoms with E-state index in [0.29, 0.717) is 0 Å². The van der Waals surface area contributed by atoms with Crippen LogP contribution in [0.25, 0.3) is 0 Å². The largest absolute Gasteiger partial charge is 0.254 e. The minimum atomic E-state index is 0.885. The first kappa shape index (κ1) is 24.2. The maximum atomic E-state index is 3.46. The lowest BCUT2D eigenvalue weighted by molar-refractivity contribution is -0.703. The molecule has 2 heteroatoms. The van der Waals surface area contributed by atoms with Gasteiger partial charge in [0.2, 0.25) is 0 Å². The summed E-state index contributed by atoms with van der Waals surface area (Å²) in [6.45, 7) is 8.15. The van der Waals surface area contributed by atoms with Gasteiger partial charge in [-0.05, 0) is 25.2 Å². The molecule has 0 saturated heterocycles. The summed E-state index contributed by atoms with van der Waals surface area (Å²) in [5, 5.41) is 0. The fourth-order valence-electron chi connectivity index (χ4n) is 3.97. The second-order valence-electron chi connectivity index (χ2n) is 8.98. The molecule has 158 valence electrons. The van der Waals surface area contributed by atoms with E-state index in [2.05, 4.69) is 42.7 Å². The van der Waals surface area contributed by atoms with Crippen LogP contribution in [0.15, 0.2) is 12.4 Å². The van der Waals surface area contributed by atoms with Gasteiger partial charge in [-0.15, -0.1) is 0 Å². The smallest absolute Gasteiger partial charge is 0.248 e. The van der Waals surface area contributed by atoms with Crippen molar-refractivity contribution in [2.75, 3.05) is 0 Å². The zero-order valence-electron chi connectivity index (χ0n) is 18.9. The van der Waals surface area contributed by atoms with Crippen molar-refractivity contribution in [2.45, 2.75) is 136 Å². The van der Waals surface area contributed by atoms with Gasteiger partial charge in [0.25, 0.3) is 5.82 Å². The van der Waals surface area contributed by atoms with Crippen molar-refractivity contribution in [1.82, 2.24) is 4.98 Å². The molecule has 0 aliphatic rings. The van der Waals surface area contributed by atoms with Gasteiger partial charge < -0.3 is 0 Å². The van der Waals surface area contributed by atoms with E-state index in [1.807, 2.05) is 0 Å². The molecule has 0 unspecified atom stereocenters. The molecule has 1 aromatic heterocycles. The molecule has 0 spiro atoms. The van der Waals surface area contributed by atoms with Gasteiger partial charge in [0.05, 0.1) is 6.54 Å². The van der Waals surface area contributed by atoms with E-state index in [1.54, 1.807) is 0 Å². The summed E-state index contributed by atoms with van der Waals surface area (Å²) in [7, 11) is 0. The Kier molecular flexibility index (Phi) is 15.6. The van der Waals surface area contributed by atoms with Gasteiger partial charge in [0.15, 0.2) is 0 Å². The van der Waals surface area contributed by atoms with Crippen molar-refractivity contribution in [3.63, 3.8) is 0 Å². The summed E-state index contributed by atoms with van der Waals surface area (Å²) in [6.07, 6.45) is 28.1. The number of aromatic nitrogens is 2. The number of aromatic amines is 1. The van der Waals surface area contributed by atoms with Crippen LogP contribution < -0.4 is 4.57 Å². The average molecular weight is 378 g/mol. The van der Waals surface area contributed by atoms with E-state index in [4.69, 9.17) is 0 Å². The summed E-state index contributed by atoms with van der Waals surface area (Å²) >= 11 is 0. The molecule has 0 aromatic carbocycles. The molecule has 27 heavy (non-hydrogen) atoms. The molecular weight excluding hydrogens is 328 g/mol. The van der Waals surface area contributed by atoms with Crippen LogP contribution in [0, 0.1) is 5.92 Å². The number of rotatable bonds is 19. The van der Waals surface area contributed by atoms with Crippen LogP contribution in [0.1, 0.15) is 129 Å². The molecule has 1 rings (SSSR count). The Morgan fingerprint density at radius 2 is 1.30 bits per heavy atom. The van der Waals surface area contributed by atoms with Crippen molar-refractivity contribution in [2.24, 2.45) is 5.92 Å². The molecule has 2 nitrogen and oxygen atoms in total. The highest BCUT2D eigenvalue weighted by molar-refractivity contribution is 4.77. The third-order valence-electron chi connectivity index (χ3n) is 5.80. The molecule has 1 aromatic rings. The topological polar surface area (TPSA) is 19.7 Å². The third-order valence-corrected chi connectivity index (χ3v) is 5.80. The zero-order valence-corrected chi connectivity index (χ0v) is 18.9. The molecule has 1 heterocycles. The molecule has 0 amide bonds. The first-order valence-corrected chi connectivity index (χ1v) is 12.3. The first-order valence-electron chi connectivity index (χ1n) is 12.3. The number of nitrogens with one attached hydrogen (secondary N) is 1. The van der Waals surface area contributed by atoms with Gasteiger partial charge in [-0.1, -0.05) is 104 Å². The average Bonchev–Trinajstić information content (AvgIpc) is 3.09. The Morgan fingerprint density at radius 3 is 1.93 bits per heavy atom. The number of unbranched alkanes of at least 4 members (excludes halogenated alkanes) is 13. The molecule has 0 fully saturated rings. The van der Waals surface area contributed by atoms with Crippen LogP contribution in [0.2, 0.25) is 0 Å². The van der Waals surface area contributed by atoms with Gasteiger partial charge in [-0.3, -0.25) is 0 Å². The number of H-pyrrole nitrogens is 1. The fraction of sp³-hybridized carbons (Fsp3) is 0.880. The molecule has 0 atom stereocenters. The predicted molar refractivity (Wildman–Crippen MR) is 119 cm³/mol. The molecule has 0 aliphatic heterocycles. The van der Waals surface area contributed by atoms with E-state index < -0.39 is 0 Å². The number of aryl methyl sites for hydroxylation is 2. The number of nitrogens with zero attached hydrogens (tertiary/aromatic N) is 1. The van der Waals surface area contributed by atoms with Crippen LogP contribution in [-0.4, -0.2) is 4.98 Å². The Bertz CT molecular complexity index is 422. The summed E-state index contributed by atoms with van der Waals surface area (Å²) < 4.78 is 2.45. The summed E-state index contributed by atoms with van der Waals surface area (Å²) in [4.78, 5) is 3.46. The molecule has 0 radical (unpaired) electrons. The maximum absolute atomic E-state index is 3.46. The van der Waals surface area contributed by atoms with Crippen LogP contribution >= 0.6 is 0 Å². The van der Waals surface area contributed by atoms with Gasteiger partial charge in [-0.2, -0.15) is 0 Å². The Hall–Kier alpha value is -0.790. The van der Waals surface area contributed by atoms with E-state index >= 15 is 0 Å². The lowest BCUT2D eigenvalue weighted by Crippen LogP contribution is -2.36. The van der Waals surface area contributed by atoms with Crippen LogP contribution in [-0.2, 0) is 13.0 Å². The normalized spacial score (nSPS) is 11.6. The molecular formula is C25H49N2+. The van der Waals surface area contributed by atoms with Crippen molar-refractivity contribution in [3.8, 4) is 0 Å². The molecule has 0 bridgehead atoms. The second-order valence-corrected chi connectivity index (χ2v) is 8.98. The second kappa shape index (κ2) is 17.3. The van der Waals surface area contributed by atoms with Crippen molar-refractivity contribution in [1.29, 1.82) is 0 Å². The van der Waals surface area contributed by atoms with Gasteiger partial charge in [-0.25, -0.2) is 9.55 Å². The fourth-order valence-corrected chi connectivity index (χ4v) is 3.97. The Labute approximate surface area is 170 Å². The van der Waals surface area contributed by atoms with E-state index in [-0.39, 0.29) is 0 Å². The quantitative estimate of drug-likeness (QED) is 0.188. The summed E-state index contributed by atoms with van der Waals surface area (Å²) in [5.41, 5.74) is 0. The van der Waals surface area contributed by atoms with E-state index in [9.17, 15) is 0 Å². The third kappa shape index (κ3) is 13.9. The first-order chi connectivity index (χ1) is 13.2. The monoisotopic (exact) mass is 377 g/mol. The Morgan fingerprint density at radius 1 is 0.741 bits per heavy atom. The van der Waals surface area contributed by atoms with Gasteiger partial charge in [0, 0.05) is 6.42 Å². The van der Waals surface area contributed by atoms with Gasteiger partial charge in [0.1, 0.15) is 12.4 Å². The van der Waals surface area contributed by atoms with Crippen LogP contribution in [0.3, 0.4) is 0 Å². The number of imidazole rings is 1. The highest BCUT2D eigenvalue weighted by Gasteiger charge is 2.09. The SMILES string of the molecule is CCCCCCC[n+]1cc[nH]c1CCCCCCCCCCCCC(C)C. The minimum Gasteiger partial charge on any atom is -0.248 e. The lowest BCUT2D eigenvalue weighted by atomic mass is 10.0. The highest BCUT2D eigenvalue weighted by atomic mass is 15.1. The van der Waals surface area contributed by atoms with Crippen LogP contribution in [0.5, 0.6) is 0 Å². The predicted octanol–water partition coefficient (Wildman–Crippen LogP) is 7.76. The van der Waals surface area contributed by atoms with Crippen LogP contribution in [0.4, 0.5) is 0 Å². The lowest BCUT2D eigenvalue weighted by Gasteiger charge is -2.05. The van der Waals surface area contributed by atoms with Crippen molar-refractivity contribution >= 4 is 0 Å². The van der Waals surface area contributed by atoms with E-state index in [1.165, 1.54) is 122 Å². The molecule has 0 aliphatic carbocycles. The van der Waals surface area contributed by atoms with Gasteiger partial charge >= 0.3 is 0 Å². The standard InChI is InChI=1S/C25H48N2/c1-4-5-6-15-18-22-27-23-21-26-25(27)20-17-14-12-10-8-7-9-11-13-16-19-24(2)3/h21,23-24H,4-20,22H2,1-3H3/p+1. The summed E-state index contributed by atoms with van der Waals surface area (Å²) in [6, 6.07) is 0. The highest BCUT2D eigenvalue weighted by Crippen LogP contribution is 2.13. The zero-order chi connectivity index (χ0) is 19.6. The summed E-state index contributed by atoms with van der Waals surface area (Å²) in [5.74, 6) is 2.32. The Balaban J connectivity index is 1.92. The van der Waals surface area contributed by atoms with Crippen molar-refractivity contribution < 1.29 is 4.57 Å². The van der Waals surface area contributed by atoms with E-state index in [0.717, 1.165) is 5.92 Å². The molecule has 0 saturated carbocycles. The molecule has 1 N–H and O–H groups in total. The minimum absolute atomic E-state index is 0.885. The number of hydrogen-bond acceptors (Lipinski definition) is 0. The van der Waals surface area contributed by atoms with Crippen molar-refractivity contribution in [3.05, 3.63) is 18.2 Å². The maximum Gasteiger partial charge on any atom is 0.254 e.